The Morgan fingerprint density at radius 3 is 2.71 bits per heavy atom. The third kappa shape index (κ3) is 4.59. The molecule has 2 fully saturated rings. The molecule has 4 rings (SSSR count). The fourth-order valence-electron chi connectivity index (χ4n) is 5.66. The molecule has 34 heavy (non-hydrogen) atoms. The van der Waals surface area contributed by atoms with Gasteiger partial charge in [0.25, 0.3) is 0 Å². The Balaban J connectivity index is 1.62. The quantitative estimate of drug-likeness (QED) is 0.586. The van der Waals surface area contributed by atoms with Gasteiger partial charge in [-0.05, 0) is 44.7 Å². The van der Waals surface area contributed by atoms with Crippen LogP contribution in [0.5, 0.6) is 5.75 Å². The van der Waals surface area contributed by atoms with Gasteiger partial charge in [0.1, 0.15) is 10.8 Å². The highest BCUT2D eigenvalue weighted by Gasteiger charge is 2.49. The molecule has 1 aromatic carbocycles. The summed E-state index contributed by atoms with van der Waals surface area (Å²) in [6.07, 6.45) is 4.43. The van der Waals surface area contributed by atoms with Gasteiger partial charge >= 0.3 is 5.97 Å². The topological polar surface area (TPSA) is 88.1 Å². The number of hydrogen-bond donors (Lipinski definition) is 2. The number of aryl methyl sites for hydroxylation is 1. The first-order chi connectivity index (χ1) is 16.3. The van der Waals surface area contributed by atoms with Gasteiger partial charge in [-0.3, -0.25) is 9.69 Å². The number of methoxy groups -OCH3 is 2. The van der Waals surface area contributed by atoms with E-state index in [-0.39, 0.29) is 24.4 Å². The molecule has 8 heteroatoms. The van der Waals surface area contributed by atoms with E-state index >= 15 is 0 Å². The molecule has 7 nitrogen and oxygen atoms in total. The molecule has 1 aromatic heterocycles. The monoisotopic (exact) mass is 486 g/mol. The number of carbonyl (C=O) groups excluding carboxylic acids is 2. The van der Waals surface area contributed by atoms with Crippen molar-refractivity contribution in [2.45, 2.75) is 57.6 Å². The molecular weight excluding hydrogens is 452 g/mol. The first-order valence-corrected chi connectivity index (χ1v) is 12.7. The maximum Gasteiger partial charge on any atom is 0.341 e. The minimum atomic E-state index is -0.725. The number of rotatable bonds is 6. The fourth-order valence-corrected chi connectivity index (χ4v) is 6.72. The number of esters is 1. The van der Waals surface area contributed by atoms with Gasteiger partial charge in [0.15, 0.2) is 0 Å². The standard InChI is InChI=1S/C26H34N2O5S/c1-16-17(2)34-24(22(16)25(30)33-4)27-21(29)15-28-14-13-26(31)12-8-7-10-19(26)23(28)18-9-5-6-11-20(18)32-3/h5-6,9,11,19,23,31H,7-8,10,12-15H2,1-4H3,(H,27,29)/t19-,23+,26-/m1/s1. The van der Waals surface area contributed by atoms with Crippen LogP contribution >= 0.6 is 11.3 Å². The largest absolute Gasteiger partial charge is 0.496 e. The number of ether oxygens (including phenoxy) is 2. The Morgan fingerprint density at radius 2 is 1.97 bits per heavy atom. The molecule has 0 unspecified atom stereocenters. The summed E-state index contributed by atoms with van der Waals surface area (Å²) >= 11 is 1.38. The first-order valence-electron chi connectivity index (χ1n) is 11.9. The Kier molecular flexibility index (Phi) is 7.31. The summed E-state index contributed by atoms with van der Waals surface area (Å²) in [5, 5.41) is 15.0. The zero-order valence-electron chi connectivity index (χ0n) is 20.3. The molecule has 2 heterocycles. The van der Waals surface area contributed by atoms with Gasteiger partial charge in [0.05, 0.1) is 31.9 Å². The van der Waals surface area contributed by atoms with Crippen molar-refractivity contribution in [1.29, 1.82) is 0 Å². The molecule has 1 saturated heterocycles. The van der Waals surface area contributed by atoms with Gasteiger partial charge in [0, 0.05) is 28.9 Å². The van der Waals surface area contributed by atoms with E-state index in [0.29, 0.717) is 23.5 Å². The summed E-state index contributed by atoms with van der Waals surface area (Å²) < 4.78 is 10.6. The lowest BCUT2D eigenvalue weighted by Crippen LogP contribution is -2.56. The van der Waals surface area contributed by atoms with Gasteiger partial charge in [-0.1, -0.05) is 31.0 Å². The molecule has 2 aliphatic rings. The maximum atomic E-state index is 13.2. The van der Waals surface area contributed by atoms with Crippen LogP contribution in [0.4, 0.5) is 5.00 Å². The highest BCUT2D eigenvalue weighted by Crippen LogP contribution is 2.50. The summed E-state index contributed by atoms with van der Waals surface area (Å²) in [5.41, 5.74) is 1.52. The van der Waals surface area contributed by atoms with E-state index in [0.717, 1.165) is 47.4 Å². The van der Waals surface area contributed by atoms with E-state index in [1.165, 1.54) is 18.4 Å². The second kappa shape index (κ2) is 10.1. The van der Waals surface area contributed by atoms with Crippen LogP contribution in [0.15, 0.2) is 24.3 Å². The number of nitrogens with one attached hydrogen (secondary N) is 1. The zero-order valence-corrected chi connectivity index (χ0v) is 21.2. The smallest absolute Gasteiger partial charge is 0.341 e. The number of hydrogen-bond acceptors (Lipinski definition) is 7. The number of fused-ring (bicyclic) bond motifs is 1. The highest BCUT2D eigenvalue weighted by atomic mass is 32.1. The fraction of sp³-hybridized carbons (Fsp3) is 0.538. The van der Waals surface area contributed by atoms with E-state index < -0.39 is 11.6 Å². The van der Waals surface area contributed by atoms with Crippen molar-refractivity contribution in [3.05, 3.63) is 45.8 Å². The van der Waals surface area contributed by atoms with E-state index in [1.807, 2.05) is 38.1 Å². The molecule has 0 bridgehead atoms. The predicted molar refractivity (Wildman–Crippen MR) is 133 cm³/mol. The van der Waals surface area contributed by atoms with Crippen LogP contribution in [0.2, 0.25) is 0 Å². The van der Waals surface area contributed by atoms with Crippen molar-refractivity contribution < 1.29 is 24.2 Å². The summed E-state index contributed by atoms with van der Waals surface area (Å²) in [7, 11) is 3.00. The number of benzene rings is 1. The van der Waals surface area contributed by atoms with Crippen LogP contribution in [0.1, 0.15) is 64.5 Å². The number of aliphatic hydroxyl groups is 1. The Labute approximate surface area is 205 Å². The molecule has 3 atom stereocenters. The number of piperidine rings is 1. The number of nitrogens with zero attached hydrogens (tertiary/aromatic N) is 1. The van der Waals surface area contributed by atoms with Crippen molar-refractivity contribution >= 4 is 28.2 Å². The number of amides is 1. The molecule has 2 aromatic rings. The molecular formula is C26H34N2O5S. The minimum absolute atomic E-state index is 0.0240. The average molecular weight is 487 g/mol. The Morgan fingerprint density at radius 1 is 1.21 bits per heavy atom. The van der Waals surface area contributed by atoms with Crippen LogP contribution in [0.25, 0.3) is 0 Å². The predicted octanol–water partition coefficient (Wildman–Crippen LogP) is 4.47. The average Bonchev–Trinajstić information content (AvgIpc) is 3.11. The van der Waals surface area contributed by atoms with Crippen LogP contribution < -0.4 is 10.1 Å². The summed E-state index contributed by atoms with van der Waals surface area (Å²) in [4.78, 5) is 28.7. The van der Waals surface area contributed by atoms with Crippen LogP contribution in [-0.4, -0.2) is 54.8 Å². The van der Waals surface area contributed by atoms with Crippen molar-refractivity contribution in [3.63, 3.8) is 0 Å². The van der Waals surface area contributed by atoms with Crippen molar-refractivity contribution in [2.75, 3.05) is 32.6 Å². The second-order valence-electron chi connectivity index (χ2n) is 9.39. The third-order valence-electron chi connectivity index (χ3n) is 7.50. The third-order valence-corrected chi connectivity index (χ3v) is 8.63. The SMILES string of the molecule is COC(=O)c1c(NC(=O)CN2CC[C@]3(O)CCCC[C@@H]3[C@@H]2c2ccccc2OC)sc(C)c1C. The number of para-hydroxylation sites is 1. The normalized spacial score (nSPS) is 24.9. The summed E-state index contributed by atoms with van der Waals surface area (Å²) in [6.45, 7) is 4.55. The van der Waals surface area contributed by atoms with Crippen molar-refractivity contribution in [3.8, 4) is 5.75 Å². The van der Waals surface area contributed by atoms with Crippen LogP contribution in [-0.2, 0) is 9.53 Å². The Bertz CT molecular complexity index is 1070. The number of thiophene rings is 1. The van der Waals surface area contributed by atoms with Crippen LogP contribution in [0.3, 0.4) is 0 Å². The lowest BCUT2D eigenvalue weighted by atomic mass is 9.66. The molecule has 1 aliphatic heterocycles. The van der Waals surface area contributed by atoms with E-state index in [2.05, 4.69) is 10.2 Å². The van der Waals surface area contributed by atoms with E-state index in [1.54, 1.807) is 7.11 Å². The van der Waals surface area contributed by atoms with Gasteiger partial charge < -0.3 is 19.9 Å². The first kappa shape index (κ1) is 24.7. The molecule has 0 spiro atoms. The summed E-state index contributed by atoms with van der Waals surface area (Å²) in [5.74, 6) is 0.156. The van der Waals surface area contributed by atoms with Gasteiger partial charge in [-0.2, -0.15) is 0 Å². The molecule has 0 radical (unpaired) electrons. The van der Waals surface area contributed by atoms with Gasteiger partial charge in [-0.15, -0.1) is 11.3 Å². The number of carbonyl (C=O) groups is 2. The van der Waals surface area contributed by atoms with Crippen molar-refractivity contribution in [1.82, 2.24) is 4.90 Å². The van der Waals surface area contributed by atoms with Gasteiger partial charge in [0.2, 0.25) is 5.91 Å². The lowest BCUT2D eigenvalue weighted by molar-refractivity contribution is -0.135. The molecule has 2 N–H and O–H groups in total. The van der Waals surface area contributed by atoms with E-state index in [9.17, 15) is 14.7 Å². The number of likely N-dealkylation sites (tertiary alicyclic amines) is 1. The number of anilines is 1. The second-order valence-corrected chi connectivity index (χ2v) is 10.6. The summed E-state index contributed by atoms with van der Waals surface area (Å²) in [6, 6.07) is 7.75. The zero-order chi connectivity index (χ0) is 24.5. The van der Waals surface area contributed by atoms with E-state index in [4.69, 9.17) is 9.47 Å². The van der Waals surface area contributed by atoms with Gasteiger partial charge in [-0.25, -0.2) is 4.79 Å². The maximum absolute atomic E-state index is 13.2. The minimum Gasteiger partial charge on any atom is -0.496 e. The molecule has 1 aliphatic carbocycles. The van der Waals surface area contributed by atoms with Crippen molar-refractivity contribution in [2.24, 2.45) is 5.92 Å². The Hall–Kier alpha value is -2.42. The van der Waals surface area contributed by atoms with Crippen LogP contribution in [0, 0.1) is 19.8 Å². The molecule has 1 amide bonds. The highest BCUT2D eigenvalue weighted by molar-refractivity contribution is 7.16. The molecule has 184 valence electrons. The molecule has 1 saturated carbocycles. The lowest BCUT2D eigenvalue weighted by Gasteiger charge is -2.52.